The minimum absolute atomic E-state index is 0.288. The molecule has 0 saturated carbocycles. The second-order valence-electron chi connectivity index (χ2n) is 2.10. The molecule has 0 aliphatic rings. The number of rotatable bonds is 1. The Morgan fingerprint density at radius 3 is 3.08 bits per heavy atom. The average Bonchev–Trinajstić information content (AvgIpc) is 2.62. The maximum Gasteiger partial charge on any atom is 0.275 e. The fourth-order valence-electron chi connectivity index (χ4n) is 0.725. The fourth-order valence-corrected chi connectivity index (χ4v) is 1.59. The van der Waals surface area contributed by atoms with Gasteiger partial charge in [0.1, 0.15) is 0 Å². The Morgan fingerprint density at radius 1 is 1.69 bits per heavy atom. The molecule has 0 aromatic carbocycles. The molecular formula is C8H8N2OS2. The molecule has 3 N–H and O–H groups in total. The van der Waals surface area contributed by atoms with Crippen molar-refractivity contribution in [1.82, 2.24) is 5.43 Å². The summed E-state index contributed by atoms with van der Waals surface area (Å²) < 4.78 is 0. The number of amides is 1. The van der Waals surface area contributed by atoms with Crippen LogP contribution in [0.25, 0.3) is 0 Å². The first-order chi connectivity index (χ1) is 6.27. The summed E-state index contributed by atoms with van der Waals surface area (Å²) in [5.41, 5.74) is 2.06. The first-order valence-electron chi connectivity index (χ1n) is 3.48. The van der Waals surface area contributed by atoms with E-state index >= 15 is 0 Å². The van der Waals surface area contributed by atoms with E-state index in [1.807, 2.05) is 0 Å². The molecule has 1 heterocycles. The molecule has 5 heteroatoms. The molecule has 0 fully saturated rings. The monoisotopic (exact) mass is 212 g/mol. The third-order valence-electron chi connectivity index (χ3n) is 1.25. The van der Waals surface area contributed by atoms with Crippen LogP contribution in [0.4, 0.5) is 0 Å². The lowest BCUT2D eigenvalue weighted by atomic mass is 10.4. The van der Waals surface area contributed by atoms with E-state index in [0.717, 1.165) is 4.88 Å². The molecule has 0 unspecified atom stereocenters. The van der Waals surface area contributed by atoms with Crippen molar-refractivity contribution in [3.05, 3.63) is 21.9 Å². The quantitative estimate of drug-likeness (QED) is 0.210. The van der Waals surface area contributed by atoms with Crippen LogP contribution in [-0.4, -0.2) is 11.7 Å². The van der Waals surface area contributed by atoms with Crippen molar-refractivity contribution in [3.8, 4) is 11.8 Å². The molecule has 1 aromatic heterocycles. The molecule has 13 heavy (non-hydrogen) atoms. The minimum Gasteiger partial charge on any atom is -0.289 e. The highest BCUT2D eigenvalue weighted by Crippen LogP contribution is 2.14. The summed E-state index contributed by atoms with van der Waals surface area (Å²) in [6.07, 6.45) is 0. The molecule has 1 amide bonds. The third kappa shape index (κ3) is 2.77. The summed E-state index contributed by atoms with van der Waals surface area (Å²) in [5, 5.41) is 0. The maximum absolute atomic E-state index is 11.0. The molecule has 68 valence electrons. The summed E-state index contributed by atoms with van der Waals surface area (Å²) in [7, 11) is 0. The molecule has 0 atom stereocenters. The van der Waals surface area contributed by atoms with Gasteiger partial charge in [-0.2, -0.15) is 12.6 Å². The SMILES string of the molecule is NNC(=O)c1ccc(C#CCS)s1. The Hall–Kier alpha value is -0.960. The number of hydrazine groups is 1. The smallest absolute Gasteiger partial charge is 0.275 e. The maximum atomic E-state index is 11.0. The molecule has 1 rings (SSSR count). The molecule has 1 aromatic rings. The topological polar surface area (TPSA) is 55.1 Å². The first-order valence-corrected chi connectivity index (χ1v) is 4.93. The van der Waals surface area contributed by atoms with Crippen molar-refractivity contribution in [1.29, 1.82) is 0 Å². The summed E-state index contributed by atoms with van der Waals surface area (Å²) in [5.74, 6) is 10.9. The van der Waals surface area contributed by atoms with Crippen LogP contribution in [0.5, 0.6) is 0 Å². The van der Waals surface area contributed by atoms with Crippen LogP contribution < -0.4 is 11.3 Å². The highest BCUT2D eigenvalue weighted by Gasteiger charge is 2.05. The summed E-state index contributed by atoms with van der Waals surface area (Å²) in [6.45, 7) is 0. The van der Waals surface area contributed by atoms with Crippen LogP contribution in [0.15, 0.2) is 12.1 Å². The molecule has 0 aliphatic heterocycles. The van der Waals surface area contributed by atoms with E-state index < -0.39 is 0 Å². The van der Waals surface area contributed by atoms with Crippen molar-refractivity contribution in [2.45, 2.75) is 0 Å². The van der Waals surface area contributed by atoms with E-state index in [0.29, 0.717) is 10.6 Å². The third-order valence-corrected chi connectivity index (χ3v) is 2.41. The van der Waals surface area contributed by atoms with Gasteiger partial charge in [0.05, 0.1) is 15.5 Å². The summed E-state index contributed by atoms with van der Waals surface area (Å²) >= 11 is 5.25. The Morgan fingerprint density at radius 2 is 2.46 bits per heavy atom. The van der Waals surface area contributed by atoms with E-state index in [4.69, 9.17) is 5.84 Å². The highest BCUT2D eigenvalue weighted by molar-refractivity contribution is 7.80. The summed E-state index contributed by atoms with van der Waals surface area (Å²) in [4.78, 5) is 12.4. The van der Waals surface area contributed by atoms with Gasteiger partial charge >= 0.3 is 0 Å². The number of carbonyl (C=O) groups excluding carboxylic acids is 1. The lowest BCUT2D eigenvalue weighted by Gasteiger charge is -1.91. The average molecular weight is 212 g/mol. The second kappa shape index (κ2) is 4.92. The minimum atomic E-state index is -0.288. The molecule has 0 aliphatic carbocycles. The number of nitrogens with two attached hydrogens (primary N) is 1. The van der Waals surface area contributed by atoms with Crippen LogP contribution in [0.3, 0.4) is 0 Å². The van der Waals surface area contributed by atoms with Gasteiger partial charge in [0, 0.05) is 0 Å². The number of nitrogen functional groups attached to an aromatic ring is 1. The van der Waals surface area contributed by atoms with Crippen molar-refractivity contribution in [2.24, 2.45) is 5.84 Å². The van der Waals surface area contributed by atoms with Crippen molar-refractivity contribution < 1.29 is 4.79 Å². The lowest BCUT2D eigenvalue weighted by Crippen LogP contribution is -2.29. The van der Waals surface area contributed by atoms with E-state index in [9.17, 15) is 4.79 Å². The highest BCUT2D eigenvalue weighted by atomic mass is 32.1. The van der Waals surface area contributed by atoms with Crippen molar-refractivity contribution in [2.75, 3.05) is 5.75 Å². The van der Waals surface area contributed by atoms with Crippen molar-refractivity contribution >= 4 is 29.9 Å². The normalized spacial score (nSPS) is 8.77. The first kappa shape index (κ1) is 10.1. The van der Waals surface area contributed by atoms with Crippen LogP contribution in [0.1, 0.15) is 14.5 Å². The van der Waals surface area contributed by atoms with Crippen molar-refractivity contribution in [3.63, 3.8) is 0 Å². The molecule has 3 nitrogen and oxygen atoms in total. The van der Waals surface area contributed by atoms with Gasteiger partial charge in [0.15, 0.2) is 0 Å². The predicted octanol–water partition coefficient (Wildman–Crippen LogP) is 0.633. The number of hydrogen-bond donors (Lipinski definition) is 3. The molecule has 0 saturated heterocycles. The zero-order chi connectivity index (χ0) is 9.68. The van der Waals surface area contributed by atoms with Crippen LogP contribution >= 0.6 is 24.0 Å². The Balaban J connectivity index is 2.80. The van der Waals surface area contributed by atoms with Gasteiger partial charge in [0.25, 0.3) is 5.91 Å². The number of hydrogen-bond acceptors (Lipinski definition) is 4. The fraction of sp³-hybridized carbons (Fsp3) is 0.125. The standard InChI is InChI=1S/C8H8N2OS2/c9-10-8(11)7-4-3-6(13-7)2-1-5-12/h3-4,12H,5,9H2,(H,10,11). The Kier molecular flexibility index (Phi) is 3.83. The second-order valence-corrected chi connectivity index (χ2v) is 3.50. The van der Waals surface area contributed by atoms with Gasteiger partial charge in [-0.15, -0.1) is 11.3 Å². The molecule has 0 spiro atoms. The van der Waals surface area contributed by atoms with Gasteiger partial charge < -0.3 is 0 Å². The largest absolute Gasteiger partial charge is 0.289 e. The van der Waals surface area contributed by atoms with Gasteiger partial charge in [-0.1, -0.05) is 11.8 Å². The van der Waals surface area contributed by atoms with E-state index in [1.165, 1.54) is 11.3 Å². The summed E-state index contributed by atoms with van der Waals surface area (Å²) in [6, 6.07) is 3.47. The van der Waals surface area contributed by atoms with Gasteiger partial charge in [-0.3, -0.25) is 10.2 Å². The van der Waals surface area contributed by atoms with E-state index in [1.54, 1.807) is 12.1 Å². The molecule has 0 bridgehead atoms. The number of nitrogens with one attached hydrogen (secondary N) is 1. The number of thiol groups is 1. The van der Waals surface area contributed by atoms with Crippen LogP contribution in [-0.2, 0) is 0 Å². The zero-order valence-electron chi connectivity index (χ0n) is 6.70. The van der Waals surface area contributed by atoms with Crippen LogP contribution in [0, 0.1) is 11.8 Å². The number of thiophene rings is 1. The van der Waals surface area contributed by atoms with Gasteiger partial charge in [-0.05, 0) is 12.1 Å². The Bertz CT molecular complexity index is 362. The molecular weight excluding hydrogens is 204 g/mol. The predicted molar refractivity (Wildman–Crippen MR) is 56.7 cm³/mol. The molecule has 0 radical (unpaired) electrons. The van der Waals surface area contributed by atoms with Gasteiger partial charge in [-0.25, -0.2) is 5.84 Å². The van der Waals surface area contributed by atoms with E-state index in [2.05, 4.69) is 29.9 Å². The van der Waals surface area contributed by atoms with E-state index in [-0.39, 0.29) is 5.91 Å². The number of carbonyl (C=O) groups is 1. The Labute approximate surface area is 85.7 Å². The van der Waals surface area contributed by atoms with Crippen LogP contribution in [0.2, 0.25) is 0 Å². The van der Waals surface area contributed by atoms with Gasteiger partial charge in [0.2, 0.25) is 0 Å². The lowest BCUT2D eigenvalue weighted by molar-refractivity contribution is 0.0957. The zero-order valence-corrected chi connectivity index (χ0v) is 8.41.